The van der Waals surface area contributed by atoms with Crippen LogP contribution in [0.3, 0.4) is 0 Å². The van der Waals surface area contributed by atoms with E-state index in [1.54, 1.807) is 0 Å². The molecule has 1 unspecified atom stereocenters. The zero-order chi connectivity index (χ0) is 13.8. The van der Waals surface area contributed by atoms with Gasteiger partial charge in [-0.15, -0.1) is 0 Å². The second kappa shape index (κ2) is 6.40. The number of nitrogens with one attached hydrogen (secondary N) is 1. The van der Waals surface area contributed by atoms with E-state index in [-0.39, 0.29) is 0 Å². The Hall–Kier alpha value is -1.35. The molecule has 1 N–H and O–H groups in total. The molecule has 3 nitrogen and oxygen atoms in total. The van der Waals surface area contributed by atoms with Crippen molar-refractivity contribution in [1.29, 1.82) is 0 Å². The number of hydrogen-bond acceptors (Lipinski definition) is 2. The fourth-order valence-corrected chi connectivity index (χ4v) is 3.41. The Labute approximate surface area is 121 Å². The largest absolute Gasteiger partial charge is 0.316 e. The van der Waals surface area contributed by atoms with E-state index in [1.165, 1.54) is 18.4 Å². The van der Waals surface area contributed by atoms with E-state index >= 15 is 0 Å². The predicted octanol–water partition coefficient (Wildman–Crippen LogP) is 2.75. The first-order valence-electron chi connectivity index (χ1n) is 7.93. The summed E-state index contributed by atoms with van der Waals surface area (Å²) in [5.41, 5.74) is 2.49. The van der Waals surface area contributed by atoms with Gasteiger partial charge in [-0.05, 0) is 62.7 Å². The van der Waals surface area contributed by atoms with Crippen molar-refractivity contribution in [2.24, 2.45) is 5.92 Å². The third-order valence-corrected chi connectivity index (χ3v) is 4.58. The van der Waals surface area contributed by atoms with Gasteiger partial charge in [-0.2, -0.15) is 0 Å². The Morgan fingerprint density at radius 3 is 2.95 bits per heavy atom. The molecule has 3 heteroatoms. The summed E-state index contributed by atoms with van der Waals surface area (Å²) in [4.78, 5) is 14.4. The normalized spacial score (nSPS) is 23.3. The van der Waals surface area contributed by atoms with E-state index in [4.69, 9.17) is 0 Å². The fraction of sp³-hybridized carbons (Fsp3) is 0.588. The van der Waals surface area contributed by atoms with Crippen LogP contribution in [0.1, 0.15) is 37.7 Å². The highest BCUT2D eigenvalue weighted by Crippen LogP contribution is 2.27. The number of hydrogen-bond donors (Lipinski definition) is 1. The van der Waals surface area contributed by atoms with Crippen molar-refractivity contribution in [1.82, 2.24) is 5.32 Å². The Balaban J connectivity index is 1.71. The zero-order valence-corrected chi connectivity index (χ0v) is 12.1. The highest BCUT2D eigenvalue weighted by Gasteiger charge is 2.23. The molecular weight excluding hydrogens is 248 g/mol. The van der Waals surface area contributed by atoms with Crippen LogP contribution in [0.5, 0.6) is 0 Å². The van der Waals surface area contributed by atoms with Crippen LogP contribution in [0.2, 0.25) is 0 Å². The van der Waals surface area contributed by atoms with Crippen LogP contribution in [0.25, 0.3) is 0 Å². The van der Waals surface area contributed by atoms with Gasteiger partial charge in [0.1, 0.15) is 0 Å². The fourth-order valence-electron chi connectivity index (χ4n) is 3.41. The van der Waals surface area contributed by atoms with Gasteiger partial charge in [0.15, 0.2) is 0 Å². The monoisotopic (exact) mass is 272 g/mol. The maximum Gasteiger partial charge on any atom is 0.226 e. The number of amides is 1. The van der Waals surface area contributed by atoms with E-state index < -0.39 is 0 Å². The summed E-state index contributed by atoms with van der Waals surface area (Å²) in [6, 6.07) is 8.41. The number of anilines is 1. The van der Waals surface area contributed by atoms with Crippen molar-refractivity contribution in [3.05, 3.63) is 29.8 Å². The molecule has 108 valence electrons. The molecule has 1 saturated heterocycles. The maximum absolute atomic E-state index is 12.4. The van der Waals surface area contributed by atoms with Crippen LogP contribution < -0.4 is 10.2 Å². The Morgan fingerprint density at radius 2 is 2.10 bits per heavy atom. The average Bonchev–Trinajstić information content (AvgIpc) is 2.65. The quantitative estimate of drug-likeness (QED) is 0.917. The van der Waals surface area contributed by atoms with Crippen molar-refractivity contribution < 1.29 is 4.79 Å². The van der Waals surface area contributed by atoms with Crippen molar-refractivity contribution >= 4 is 11.6 Å². The number of fused-ring (bicyclic) bond motifs is 1. The van der Waals surface area contributed by atoms with Crippen LogP contribution in [-0.2, 0) is 11.2 Å². The van der Waals surface area contributed by atoms with Gasteiger partial charge in [-0.3, -0.25) is 4.79 Å². The number of nitrogens with zero attached hydrogens (tertiary/aromatic N) is 1. The molecule has 3 rings (SSSR count). The van der Waals surface area contributed by atoms with Crippen LogP contribution in [-0.4, -0.2) is 25.5 Å². The highest BCUT2D eigenvalue weighted by molar-refractivity contribution is 5.94. The smallest absolute Gasteiger partial charge is 0.226 e. The SMILES string of the molecule is O=C1CCCc2ccccc2N1CCC1CCCNC1. The van der Waals surface area contributed by atoms with Gasteiger partial charge >= 0.3 is 0 Å². The summed E-state index contributed by atoms with van der Waals surface area (Å²) in [5.74, 6) is 1.03. The molecule has 2 heterocycles. The van der Waals surface area contributed by atoms with Crippen molar-refractivity contribution in [3.8, 4) is 0 Å². The molecule has 0 bridgehead atoms. The number of carbonyl (C=O) groups excluding carboxylic acids is 1. The second-order valence-corrected chi connectivity index (χ2v) is 6.03. The Morgan fingerprint density at radius 1 is 1.20 bits per heavy atom. The minimum atomic E-state index is 0.304. The summed E-state index contributed by atoms with van der Waals surface area (Å²) < 4.78 is 0. The molecule has 0 radical (unpaired) electrons. The molecule has 1 atom stereocenters. The average molecular weight is 272 g/mol. The summed E-state index contributed by atoms with van der Waals surface area (Å²) >= 11 is 0. The number of rotatable bonds is 3. The maximum atomic E-state index is 12.4. The van der Waals surface area contributed by atoms with Crippen LogP contribution in [0.4, 0.5) is 5.69 Å². The molecule has 1 aromatic carbocycles. The molecule has 0 spiro atoms. The van der Waals surface area contributed by atoms with E-state index in [0.717, 1.165) is 50.5 Å². The minimum Gasteiger partial charge on any atom is -0.316 e. The summed E-state index contributed by atoms with van der Waals surface area (Å²) in [6.45, 7) is 3.15. The van der Waals surface area contributed by atoms with Crippen LogP contribution in [0.15, 0.2) is 24.3 Å². The molecule has 1 aromatic rings. The van der Waals surface area contributed by atoms with Gasteiger partial charge in [0, 0.05) is 18.7 Å². The standard InChI is InChI=1S/C17H24N2O/c20-17-9-3-7-15-6-1-2-8-16(15)19(17)12-10-14-5-4-11-18-13-14/h1-2,6,8,14,18H,3-5,7,9-13H2. The molecule has 0 saturated carbocycles. The molecule has 2 aliphatic heterocycles. The lowest BCUT2D eigenvalue weighted by molar-refractivity contribution is -0.118. The van der Waals surface area contributed by atoms with Crippen LogP contribution in [0, 0.1) is 5.92 Å². The molecule has 1 fully saturated rings. The number of carbonyl (C=O) groups is 1. The molecule has 20 heavy (non-hydrogen) atoms. The third-order valence-electron chi connectivity index (χ3n) is 4.58. The van der Waals surface area contributed by atoms with E-state index in [0.29, 0.717) is 12.3 Å². The van der Waals surface area contributed by atoms with Gasteiger partial charge < -0.3 is 10.2 Å². The van der Waals surface area contributed by atoms with E-state index in [2.05, 4.69) is 23.5 Å². The molecule has 0 aliphatic carbocycles. The van der Waals surface area contributed by atoms with Gasteiger partial charge in [-0.25, -0.2) is 0 Å². The lowest BCUT2D eigenvalue weighted by atomic mass is 9.96. The Bertz CT molecular complexity index is 466. The Kier molecular flexibility index (Phi) is 4.36. The van der Waals surface area contributed by atoms with Gasteiger partial charge in [0.05, 0.1) is 0 Å². The zero-order valence-electron chi connectivity index (χ0n) is 12.1. The van der Waals surface area contributed by atoms with E-state index in [1.807, 2.05) is 11.0 Å². The first kappa shape index (κ1) is 13.6. The van der Waals surface area contributed by atoms with Gasteiger partial charge in [-0.1, -0.05) is 18.2 Å². The predicted molar refractivity (Wildman–Crippen MR) is 81.9 cm³/mol. The van der Waals surface area contributed by atoms with Gasteiger partial charge in [0.2, 0.25) is 5.91 Å². The third kappa shape index (κ3) is 3.04. The van der Waals surface area contributed by atoms with Crippen molar-refractivity contribution in [2.45, 2.75) is 38.5 Å². The number of aryl methyl sites for hydroxylation is 1. The number of para-hydroxylation sites is 1. The number of benzene rings is 1. The minimum absolute atomic E-state index is 0.304. The topological polar surface area (TPSA) is 32.3 Å². The van der Waals surface area contributed by atoms with E-state index in [9.17, 15) is 4.79 Å². The first-order valence-corrected chi connectivity index (χ1v) is 7.93. The molecule has 1 amide bonds. The summed E-state index contributed by atoms with van der Waals surface area (Å²) in [6.07, 6.45) is 6.40. The lowest BCUT2D eigenvalue weighted by Crippen LogP contribution is -2.35. The summed E-state index contributed by atoms with van der Waals surface area (Å²) in [5, 5.41) is 3.46. The number of piperidine rings is 1. The van der Waals surface area contributed by atoms with Gasteiger partial charge in [0.25, 0.3) is 0 Å². The summed E-state index contributed by atoms with van der Waals surface area (Å²) in [7, 11) is 0. The first-order chi connectivity index (χ1) is 9.84. The van der Waals surface area contributed by atoms with Crippen molar-refractivity contribution in [3.63, 3.8) is 0 Å². The van der Waals surface area contributed by atoms with Crippen molar-refractivity contribution in [2.75, 3.05) is 24.5 Å². The molecular formula is C17H24N2O. The molecule has 2 aliphatic rings. The lowest BCUT2D eigenvalue weighted by Gasteiger charge is -2.28. The molecule has 0 aromatic heterocycles. The second-order valence-electron chi connectivity index (χ2n) is 6.03. The van der Waals surface area contributed by atoms with Crippen LogP contribution >= 0.6 is 0 Å². The highest BCUT2D eigenvalue weighted by atomic mass is 16.2.